The first-order valence-electron chi connectivity index (χ1n) is 9.28. The van der Waals surface area contributed by atoms with Crippen LogP contribution in [0.4, 0.5) is 20.2 Å². The number of ether oxygens (including phenoxy) is 1. The Balaban J connectivity index is 1.67. The van der Waals surface area contributed by atoms with Crippen molar-refractivity contribution in [2.24, 2.45) is 0 Å². The predicted octanol–water partition coefficient (Wildman–Crippen LogP) is 2.09. The van der Waals surface area contributed by atoms with Crippen molar-refractivity contribution in [1.29, 1.82) is 0 Å². The van der Waals surface area contributed by atoms with Gasteiger partial charge in [-0.05, 0) is 36.4 Å². The summed E-state index contributed by atoms with van der Waals surface area (Å²) in [5.41, 5.74) is 0.637. The van der Waals surface area contributed by atoms with E-state index in [4.69, 9.17) is 4.74 Å². The first-order chi connectivity index (χ1) is 14.2. The third-order valence-corrected chi connectivity index (χ3v) is 6.05. The number of halogens is 2. The molecule has 0 atom stereocenters. The summed E-state index contributed by atoms with van der Waals surface area (Å²) in [5.74, 6) is -1.57. The Morgan fingerprint density at radius 3 is 2.23 bits per heavy atom. The molecule has 30 heavy (non-hydrogen) atoms. The maximum atomic E-state index is 14.1. The molecule has 7 nitrogen and oxygen atoms in total. The molecule has 0 N–H and O–H groups in total. The van der Waals surface area contributed by atoms with Crippen molar-refractivity contribution in [3.05, 3.63) is 54.1 Å². The van der Waals surface area contributed by atoms with E-state index in [1.165, 1.54) is 0 Å². The van der Waals surface area contributed by atoms with Gasteiger partial charge in [0.05, 0.1) is 19.1 Å². The number of amides is 1. The lowest BCUT2D eigenvalue weighted by atomic mass is 10.2. The summed E-state index contributed by atoms with van der Waals surface area (Å²) in [4.78, 5) is 16.4. The van der Waals surface area contributed by atoms with Crippen LogP contribution < -0.4 is 13.9 Å². The number of methoxy groups -OCH3 is 1. The molecule has 162 valence electrons. The van der Waals surface area contributed by atoms with Gasteiger partial charge in [0.25, 0.3) is 0 Å². The summed E-state index contributed by atoms with van der Waals surface area (Å²) in [6, 6.07) is 10.1. The molecule has 0 aromatic heterocycles. The van der Waals surface area contributed by atoms with Crippen LogP contribution in [0.5, 0.6) is 5.75 Å². The van der Waals surface area contributed by atoms with Crippen LogP contribution in [-0.4, -0.2) is 65.3 Å². The van der Waals surface area contributed by atoms with Crippen LogP contribution in [0.1, 0.15) is 0 Å². The zero-order chi connectivity index (χ0) is 21.9. The first-order valence-corrected chi connectivity index (χ1v) is 11.1. The Morgan fingerprint density at radius 1 is 1.07 bits per heavy atom. The molecule has 1 aliphatic heterocycles. The van der Waals surface area contributed by atoms with Gasteiger partial charge < -0.3 is 14.5 Å². The molecule has 0 aliphatic carbocycles. The Bertz CT molecular complexity index is 1010. The monoisotopic (exact) mass is 439 g/mol. The highest BCUT2D eigenvalue weighted by atomic mass is 32.2. The van der Waals surface area contributed by atoms with E-state index in [2.05, 4.69) is 4.90 Å². The Morgan fingerprint density at radius 2 is 1.70 bits per heavy atom. The number of hydrogen-bond donors (Lipinski definition) is 0. The van der Waals surface area contributed by atoms with Crippen molar-refractivity contribution in [3.63, 3.8) is 0 Å². The van der Waals surface area contributed by atoms with Gasteiger partial charge in [-0.1, -0.05) is 0 Å². The quantitative estimate of drug-likeness (QED) is 0.690. The normalized spacial score (nSPS) is 14.5. The number of sulfonamides is 1. The molecular weight excluding hydrogens is 416 g/mol. The van der Waals surface area contributed by atoms with Gasteiger partial charge >= 0.3 is 0 Å². The Labute approximate surface area is 174 Å². The van der Waals surface area contributed by atoms with Gasteiger partial charge in [0.1, 0.15) is 23.9 Å². The van der Waals surface area contributed by atoms with Gasteiger partial charge in [0.15, 0.2) is 0 Å². The Kier molecular flexibility index (Phi) is 6.45. The largest absolute Gasteiger partial charge is 0.497 e. The zero-order valence-electron chi connectivity index (χ0n) is 16.7. The minimum absolute atomic E-state index is 0.357. The van der Waals surface area contributed by atoms with Crippen LogP contribution in [0, 0.1) is 11.6 Å². The summed E-state index contributed by atoms with van der Waals surface area (Å²) >= 11 is 0. The minimum atomic E-state index is -3.95. The van der Waals surface area contributed by atoms with Crippen LogP contribution in [0.2, 0.25) is 0 Å². The van der Waals surface area contributed by atoms with Crippen LogP contribution in [0.25, 0.3) is 0 Å². The fourth-order valence-electron chi connectivity index (χ4n) is 3.29. The second kappa shape index (κ2) is 8.86. The molecule has 2 aromatic carbocycles. The van der Waals surface area contributed by atoms with Crippen molar-refractivity contribution >= 4 is 27.3 Å². The molecule has 1 fully saturated rings. The number of anilines is 2. The fraction of sp³-hybridized carbons (Fsp3) is 0.350. The van der Waals surface area contributed by atoms with E-state index < -0.39 is 34.1 Å². The molecule has 1 amide bonds. The van der Waals surface area contributed by atoms with E-state index in [0.29, 0.717) is 36.6 Å². The fourth-order valence-corrected chi connectivity index (χ4v) is 4.14. The summed E-state index contributed by atoms with van der Waals surface area (Å²) in [7, 11) is -2.35. The van der Waals surface area contributed by atoms with Crippen LogP contribution >= 0.6 is 0 Å². The molecular formula is C20H23F2N3O4S. The van der Waals surface area contributed by atoms with Crippen LogP contribution in [0.3, 0.4) is 0 Å². The van der Waals surface area contributed by atoms with Crippen LogP contribution in [0.15, 0.2) is 42.5 Å². The third kappa shape index (κ3) is 4.99. The summed E-state index contributed by atoms with van der Waals surface area (Å²) in [6.07, 6.45) is 0.880. The van der Waals surface area contributed by atoms with Gasteiger partial charge in [0.2, 0.25) is 15.9 Å². The van der Waals surface area contributed by atoms with E-state index in [-0.39, 0.29) is 5.69 Å². The van der Waals surface area contributed by atoms with Crippen LogP contribution in [-0.2, 0) is 14.8 Å². The highest BCUT2D eigenvalue weighted by molar-refractivity contribution is 7.92. The molecule has 2 aromatic rings. The molecule has 0 spiro atoms. The van der Waals surface area contributed by atoms with E-state index in [1.54, 1.807) is 12.0 Å². The SMILES string of the molecule is COc1ccc(N2CCN(C(=O)CN(c3ccc(F)cc3F)S(C)(=O)=O)CC2)cc1. The second-order valence-corrected chi connectivity index (χ2v) is 8.84. The maximum absolute atomic E-state index is 14.1. The second-order valence-electron chi connectivity index (χ2n) is 6.93. The molecule has 0 radical (unpaired) electrons. The number of rotatable bonds is 6. The predicted molar refractivity (Wildman–Crippen MR) is 110 cm³/mol. The third-order valence-electron chi connectivity index (χ3n) is 4.93. The molecule has 1 saturated heterocycles. The van der Waals surface area contributed by atoms with Crippen molar-refractivity contribution < 1.29 is 26.7 Å². The number of benzene rings is 2. The first kappa shape index (κ1) is 21.8. The lowest BCUT2D eigenvalue weighted by Crippen LogP contribution is -2.52. The summed E-state index contributed by atoms with van der Waals surface area (Å²) in [6.45, 7) is 1.39. The van der Waals surface area contributed by atoms with Gasteiger partial charge in [-0.3, -0.25) is 9.10 Å². The smallest absolute Gasteiger partial charge is 0.243 e. The van der Waals surface area contributed by atoms with Gasteiger partial charge in [-0.15, -0.1) is 0 Å². The van der Waals surface area contributed by atoms with Crippen molar-refractivity contribution in [2.75, 3.05) is 55.3 Å². The summed E-state index contributed by atoms with van der Waals surface area (Å²) < 4.78 is 57.4. The minimum Gasteiger partial charge on any atom is -0.497 e. The molecule has 0 unspecified atom stereocenters. The average molecular weight is 439 g/mol. The Hall–Kier alpha value is -2.88. The molecule has 0 bridgehead atoms. The zero-order valence-corrected chi connectivity index (χ0v) is 17.5. The maximum Gasteiger partial charge on any atom is 0.243 e. The van der Waals surface area contributed by atoms with Gasteiger partial charge in [0, 0.05) is 37.9 Å². The van der Waals surface area contributed by atoms with E-state index in [9.17, 15) is 22.0 Å². The molecule has 1 aliphatic rings. The standard InChI is InChI=1S/C20H23F2N3O4S/c1-29-17-6-4-16(5-7-17)23-9-11-24(12-10-23)20(26)14-25(30(2,27)28)19-8-3-15(21)13-18(19)22/h3-8,13H,9-12,14H2,1-2H3. The lowest BCUT2D eigenvalue weighted by Gasteiger charge is -2.37. The van der Waals surface area contributed by atoms with Gasteiger partial charge in [-0.25, -0.2) is 17.2 Å². The van der Waals surface area contributed by atoms with Crippen molar-refractivity contribution in [1.82, 2.24) is 4.90 Å². The number of carbonyl (C=O) groups excluding carboxylic acids is 1. The summed E-state index contributed by atoms with van der Waals surface area (Å²) in [5, 5.41) is 0. The number of nitrogens with zero attached hydrogens (tertiary/aromatic N) is 3. The highest BCUT2D eigenvalue weighted by Gasteiger charge is 2.28. The number of carbonyl (C=O) groups is 1. The van der Waals surface area contributed by atoms with Gasteiger partial charge in [-0.2, -0.15) is 0 Å². The molecule has 10 heteroatoms. The van der Waals surface area contributed by atoms with Crippen molar-refractivity contribution in [2.45, 2.75) is 0 Å². The topological polar surface area (TPSA) is 70.2 Å². The highest BCUT2D eigenvalue weighted by Crippen LogP contribution is 2.24. The van der Waals surface area contributed by atoms with Crippen molar-refractivity contribution in [3.8, 4) is 5.75 Å². The van der Waals surface area contributed by atoms with E-state index >= 15 is 0 Å². The van der Waals surface area contributed by atoms with E-state index in [0.717, 1.165) is 29.8 Å². The number of piperazine rings is 1. The van der Waals surface area contributed by atoms with E-state index in [1.807, 2.05) is 24.3 Å². The molecule has 3 rings (SSSR count). The lowest BCUT2D eigenvalue weighted by molar-refractivity contribution is -0.129. The molecule has 0 saturated carbocycles. The number of hydrogen-bond acceptors (Lipinski definition) is 5. The average Bonchev–Trinajstić information content (AvgIpc) is 2.72. The molecule has 1 heterocycles.